The van der Waals surface area contributed by atoms with Crippen molar-refractivity contribution in [1.82, 2.24) is 0 Å². The summed E-state index contributed by atoms with van der Waals surface area (Å²) in [6.45, 7) is 6.56. The molecule has 0 N–H and O–H groups in total. The van der Waals surface area contributed by atoms with Crippen LogP contribution < -0.4 is 0 Å². The van der Waals surface area contributed by atoms with E-state index < -0.39 is 6.10 Å². The number of carbonyl (C=O) groups is 3. The van der Waals surface area contributed by atoms with Crippen molar-refractivity contribution in [3.05, 3.63) is 72.9 Å². The molecule has 6 heteroatoms. The van der Waals surface area contributed by atoms with Gasteiger partial charge < -0.3 is 14.2 Å². The van der Waals surface area contributed by atoms with Gasteiger partial charge in [0, 0.05) is 19.3 Å². The van der Waals surface area contributed by atoms with Gasteiger partial charge in [0.05, 0.1) is 0 Å². The molecule has 0 fully saturated rings. The van der Waals surface area contributed by atoms with Crippen LogP contribution in [0.2, 0.25) is 0 Å². The maximum Gasteiger partial charge on any atom is 0.306 e. The molecular weight excluding hydrogens is 853 g/mol. The maximum atomic E-state index is 12.8. The Kier molecular flexibility index (Phi) is 54.8. The van der Waals surface area contributed by atoms with Crippen LogP contribution in [0.5, 0.6) is 0 Å². The first-order valence-electron chi connectivity index (χ1n) is 29.4. The molecule has 0 spiro atoms. The van der Waals surface area contributed by atoms with Crippen molar-refractivity contribution < 1.29 is 28.6 Å². The summed E-state index contributed by atoms with van der Waals surface area (Å²) in [6, 6.07) is 0. The minimum absolute atomic E-state index is 0.105. The van der Waals surface area contributed by atoms with Gasteiger partial charge in [0.25, 0.3) is 0 Å². The van der Waals surface area contributed by atoms with Crippen LogP contribution in [0.1, 0.15) is 290 Å². The lowest BCUT2D eigenvalue weighted by molar-refractivity contribution is -0.167. The van der Waals surface area contributed by atoms with Crippen LogP contribution in [-0.2, 0) is 28.6 Å². The van der Waals surface area contributed by atoms with Crippen LogP contribution in [0.3, 0.4) is 0 Å². The molecule has 0 aliphatic carbocycles. The van der Waals surface area contributed by atoms with Gasteiger partial charge in [-0.05, 0) is 89.9 Å². The molecule has 0 saturated carbocycles. The molecule has 0 aliphatic rings. The van der Waals surface area contributed by atoms with Gasteiger partial charge in [-0.3, -0.25) is 14.4 Å². The standard InChI is InChI=1S/C63H110O6/c1-4-7-10-13-16-19-22-25-28-30-31-33-35-38-41-44-47-50-53-56-62(65)68-59-60(58-67-61(64)55-52-49-46-43-40-37-34-27-24-21-18-15-12-9-6-3)69-63(66)57-54-51-48-45-42-39-36-32-29-26-23-20-17-14-11-8-5-2/h18,21,26-27,29,34,36,39-40,43,45,48,60H,4-17,19-20,22-25,28,30-33,35,37-38,41-42,44,46-47,49-59H2,1-3H3/b21-18-,29-26-,34-27-,39-36-,43-40-,48-45-/t60-/m1/s1. The zero-order valence-electron chi connectivity index (χ0n) is 45.6. The summed E-state index contributed by atoms with van der Waals surface area (Å²) in [5.41, 5.74) is 0. The number of carbonyl (C=O) groups excluding carboxylic acids is 3. The topological polar surface area (TPSA) is 78.9 Å². The summed E-state index contributed by atoms with van der Waals surface area (Å²) in [5, 5.41) is 0. The molecule has 0 amide bonds. The highest BCUT2D eigenvalue weighted by Crippen LogP contribution is 2.16. The molecule has 0 unspecified atom stereocenters. The van der Waals surface area contributed by atoms with Crippen molar-refractivity contribution in [1.29, 1.82) is 0 Å². The van der Waals surface area contributed by atoms with Gasteiger partial charge in [0.2, 0.25) is 0 Å². The van der Waals surface area contributed by atoms with Crippen LogP contribution in [0.4, 0.5) is 0 Å². The minimum atomic E-state index is -0.816. The summed E-state index contributed by atoms with van der Waals surface area (Å²) < 4.78 is 16.8. The second-order valence-corrected chi connectivity index (χ2v) is 19.6. The molecular formula is C63H110O6. The Bertz CT molecular complexity index is 1290. The zero-order valence-corrected chi connectivity index (χ0v) is 45.6. The Labute approximate surface area is 427 Å². The number of rotatable bonds is 53. The van der Waals surface area contributed by atoms with E-state index in [1.165, 1.54) is 173 Å². The third-order valence-electron chi connectivity index (χ3n) is 12.7. The Balaban J connectivity index is 4.46. The molecule has 0 aromatic carbocycles. The Hall–Kier alpha value is -3.15. The monoisotopic (exact) mass is 963 g/mol. The highest BCUT2D eigenvalue weighted by Gasteiger charge is 2.19. The summed E-state index contributed by atoms with van der Waals surface area (Å²) in [5.74, 6) is -0.988. The molecule has 0 saturated heterocycles. The minimum Gasteiger partial charge on any atom is -0.462 e. The van der Waals surface area contributed by atoms with Gasteiger partial charge in [-0.25, -0.2) is 0 Å². The average molecular weight is 964 g/mol. The normalized spacial score (nSPS) is 12.6. The summed E-state index contributed by atoms with van der Waals surface area (Å²) in [7, 11) is 0. The summed E-state index contributed by atoms with van der Waals surface area (Å²) in [4.78, 5) is 38.1. The van der Waals surface area contributed by atoms with E-state index in [-0.39, 0.29) is 37.5 Å². The first-order valence-corrected chi connectivity index (χ1v) is 29.4. The fourth-order valence-corrected chi connectivity index (χ4v) is 8.23. The third-order valence-corrected chi connectivity index (χ3v) is 12.7. The number of hydrogen-bond acceptors (Lipinski definition) is 6. The van der Waals surface area contributed by atoms with Crippen LogP contribution >= 0.6 is 0 Å². The largest absolute Gasteiger partial charge is 0.462 e. The van der Waals surface area contributed by atoms with Crippen LogP contribution in [0.25, 0.3) is 0 Å². The van der Waals surface area contributed by atoms with Crippen molar-refractivity contribution in [2.45, 2.75) is 297 Å². The molecule has 0 bridgehead atoms. The lowest BCUT2D eigenvalue weighted by atomic mass is 10.0. The number of hydrogen-bond donors (Lipinski definition) is 0. The Morgan fingerprint density at radius 3 is 0.913 bits per heavy atom. The summed E-state index contributed by atoms with van der Waals surface area (Å²) >= 11 is 0. The zero-order chi connectivity index (χ0) is 50.0. The van der Waals surface area contributed by atoms with E-state index >= 15 is 0 Å². The maximum absolute atomic E-state index is 12.8. The molecule has 0 rings (SSSR count). The predicted molar refractivity (Wildman–Crippen MR) is 298 cm³/mol. The highest BCUT2D eigenvalue weighted by atomic mass is 16.6. The SMILES string of the molecule is CCCCC/C=C\C/C=C\C/C=C\CCCCC(=O)OC[C@H](COC(=O)CCCCCCCCCCCCCCCCCCCCC)OC(=O)CCC/C=C\C/C=C\C/C=C\CCCCCCCC. The predicted octanol–water partition coefficient (Wildman–Crippen LogP) is 19.8. The molecule has 69 heavy (non-hydrogen) atoms. The quantitative estimate of drug-likeness (QED) is 0.0262. The molecule has 398 valence electrons. The molecule has 0 heterocycles. The summed E-state index contributed by atoms with van der Waals surface area (Å²) in [6.07, 6.45) is 73.3. The fraction of sp³-hybridized carbons (Fsp3) is 0.762. The Morgan fingerprint density at radius 1 is 0.290 bits per heavy atom. The lowest BCUT2D eigenvalue weighted by Gasteiger charge is -2.18. The van der Waals surface area contributed by atoms with E-state index in [0.29, 0.717) is 19.3 Å². The van der Waals surface area contributed by atoms with E-state index in [9.17, 15) is 14.4 Å². The van der Waals surface area contributed by atoms with Crippen molar-refractivity contribution in [3.8, 4) is 0 Å². The molecule has 6 nitrogen and oxygen atoms in total. The molecule has 0 aromatic heterocycles. The van der Waals surface area contributed by atoms with Crippen molar-refractivity contribution >= 4 is 17.9 Å². The van der Waals surface area contributed by atoms with E-state index in [4.69, 9.17) is 14.2 Å². The molecule has 1 atom stereocenters. The van der Waals surface area contributed by atoms with Crippen LogP contribution in [-0.4, -0.2) is 37.2 Å². The molecule has 0 aromatic rings. The van der Waals surface area contributed by atoms with Crippen LogP contribution in [0, 0.1) is 0 Å². The van der Waals surface area contributed by atoms with E-state index in [2.05, 4.69) is 93.7 Å². The second-order valence-electron chi connectivity index (χ2n) is 19.6. The third kappa shape index (κ3) is 55.6. The number of unbranched alkanes of at least 4 members (excludes halogenated alkanes) is 30. The van der Waals surface area contributed by atoms with Gasteiger partial charge in [-0.2, -0.15) is 0 Å². The fourth-order valence-electron chi connectivity index (χ4n) is 8.23. The van der Waals surface area contributed by atoms with Crippen molar-refractivity contribution in [2.24, 2.45) is 0 Å². The molecule has 0 radical (unpaired) electrons. The number of esters is 3. The second kappa shape index (κ2) is 57.4. The van der Waals surface area contributed by atoms with Gasteiger partial charge >= 0.3 is 17.9 Å². The number of allylic oxidation sites excluding steroid dienone is 12. The van der Waals surface area contributed by atoms with E-state index in [1.807, 2.05) is 0 Å². The first kappa shape index (κ1) is 65.8. The molecule has 0 aliphatic heterocycles. The van der Waals surface area contributed by atoms with Gasteiger partial charge in [0.1, 0.15) is 13.2 Å². The Morgan fingerprint density at radius 2 is 0.536 bits per heavy atom. The van der Waals surface area contributed by atoms with Gasteiger partial charge in [0.15, 0.2) is 6.10 Å². The van der Waals surface area contributed by atoms with Crippen molar-refractivity contribution in [3.63, 3.8) is 0 Å². The smallest absolute Gasteiger partial charge is 0.306 e. The first-order chi connectivity index (χ1) is 34.0. The average Bonchev–Trinajstić information content (AvgIpc) is 3.35. The number of ether oxygens (including phenoxy) is 3. The highest BCUT2D eigenvalue weighted by molar-refractivity contribution is 5.71. The van der Waals surface area contributed by atoms with Crippen LogP contribution in [0.15, 0.2) is 72.9 Å². The lowest BCUT2D eigenvalue weighted by Crippen LogP contribution is -2.30. The van der Waals surface area contributed by atoms with E-state index in [0.717, 1.165) is 70.6 Å². The van der Waals surface area contributed by atoms with Crippen molar-refractivity contribution in [2.75, 3.05) is 13.2 Å². The van der Waals surface area contributed by atoms with Gasteiger partial charge in [-0.15, -0.1) is 0 Å². The van der Waals surface area contributed by atoms with Gasteiger partial charge in [-0.1, -0.05) is 254 Å². The van der Waals surface area contributed by atoms with E-state index in [1.54, 1.807) is 0 Å².